The van der Waals surface area contributed by atoms with E-state index in [2.05, 4.69) is 0 Å². The van der Waals surface area contributed by atoms with Gasteiger partial charge in [-0.05, 0) is 36.0 Å². The summed E-state index contributed by atoms with van der Waals surface area (Å²) in [4.78, 5) is 0. The van der Waals surface area contributed by atoms with E-state index >= 15 is 4.39 Å². The Morgan fingerprint density at radius 2 is 1.63 bits per heavy atom. The minimum absolute atomic E-state index is 0.264. The summed E-state index contributed by atoms with van der Waals surface area (Å²) in [6, 6.07) is 16.0. The maximum Gasteiger partial charge on any atom is 0.192 e. The zero-order valence-corrected chi connectivity index (χ0v) is 10.7. The third kappa shape index (κ3) is 1.95. The highest BCUT2D eigenvalue weighted by molar-refractivity contribution is 5.43. The molecule has 0 N–H and O–H groups in total. The van der Waals surface area contributed by atoms with Crippen molar-refractivity contribution in [1.82, 2.24) is 0 Å². The summed E-state index contributed by atoms with van der Waals surface area (Å²) in [6.07, 6.45) is 0.213. The van der Waals surface area contributed by atoms with Gasteiger partial charge in [0.05, 0.1) is 0 Å². The van der Waals surface area contributed by atoms with Crippen molar-refractivity contribution in [2.75, 3.05) is 0 Å². The van der Waals surface area contributed by atoms with Gasteiger partial charge in [0, 0.05) is 0 Å². The minimum Gasteiger partial charge on any atom is -0.243 e. The first-order valence-corrected chi connectivity index (χ1v) is 6.70. The maximum atomic E-state index is 15.6. The quantitative estimate of drug-likeness (QED) is 0.657. The van der Waals surface area contributed by atoms with Crippen LogP contribution in [0.3, 0.4) is 0 Å². The van der Waals surface area contributed by atoms with Gasteiger partial charge < -0.3 is 0 Å². The van der Waals surface area contributed by atoms with E-state index in [0.717, 1.165) is 12.0 Å². The van der Waals surface area contributed by atoms with E-state index in [1.165, 1.54) is 0 Å². The van der Waals surface area contributed by atoms with Crippen LogP contribution in [0.5, 0.6) is 0 Å². The molecule has 0 heterocycles. The van der Waals surface area contributed by atoms with Gasteiger partial charge in [-0.15, -0.1) is 0 Å². The number of rotatable bonds is 1. The van der Waals surface area contributed by atoms with Gasteiger partial charge in [0.25, 0.3) is 0 Å². The number of hydrogen-bond acceptors (Lipinski definition) is 0. The standard InChI is InChI=1S/C17H16F2/c18-16-12-6-8-13-7-4-5-11-15(13)17(16,19)14-9-2-1-3-10-14/h1-5,7,9-11,16H,6,8,12H2/t16-,17+/m0/s1. The Labute approximate surface area is 112 Å². The number of halogens is 2. The molecule has 2 aromatic rings. The molecule has 0 nitrogen and oxygen atoms in total. The lowest BCUT2D eigenvalue weighted by Gasteiger charge is -2.29. The molecule has 0 unspecified atom stereocenters. The van der Waals surface area contributed by atoms with Gasteiger partial charge >= 0.3 is 0 Å². The molecule has 0 amide bonds. The van der Waals surface area contributed by atoms with Gasteiger partial charge in [-0.2, -0.15) is 0 Å². The number of fused-ring (bicyclic) bond motifs is 1. The summed E-state index contributed by atoms with van der Waals surface area (Å²) in [5, 5.41) is 0. The Balaban J connectivity index is 2.22. The summed E-state index contributed by atoms with van der Waals surface area (Å²) in [5.74, 6) is 0. The topological polar surface area (TPSA) is 0 Å². The van der Waals surface area contributed by atoms with Crippen molar-refractivity contribution < 1.29 is 8.78 Å². The SMILES string of the molecule is F[C@H]1CCCc2ccccc2[C@]1(F)c1ccccc1. The van der Waals surface area contributed by atoms with Crippen LogP contribution in [0.1, 0.15) is 29.5 Å². The summed E-state index contributed by atoms with van der Waals surface area (Å²) in [6.45, 7) is 0. The first-order valence-electron chi connectivity index (χ1n) is 6.70. The molecule has 0 fully saturated rings. The van der Waals surface area contributed by atoms with Gasteiger partial charge in [0.1, 0.15) is 6.17 Å². The lowest BCUT2D eigenvalue weighted by Crippen LogP contribution is -2.33. The smallest absolute Gasteiger partial charge is 0.192 e. The molecular weight excluding hydrogens is 242 g/mol. The molecule has 0 spiro atoms. The molecule has 0 radical (unpaired) electrons. The Morgan fingerprint density at radius 1 is 0.947 bits per heavy atom. The molecule has 3 rings (SSSR count). The first kappa shape index (κ1) is 12.3. The van der Waals surface area contributed by atoms with Crippen LogP contribution in [0.15, 0.2) is 54.6 Å². The second-order valence-corrected chi connectivity index (χ2v) is 5.09. The van der Waals surface area contributed by atoms with Crippen molar-refractivity contribution >= 4 is 0 Å². The highest BCUT2D eigenvalue weighted by Crippen LogP contribution is 2.44. The van der Waals surface area contributed by atoms with Gasteiger partial charge in [-0.3, -0.25) is 0 Å². The Kier molecular flexibility index (Phi) is 3.09. The Morgan fingerprint density at radius 3 is 2.42 bits per heavy atom. The normalized spacial score (nSPS) is 26.5. The fraction of sp³-hybridized carbons (Fsp3) is 0.294. The monoisotopic (exact) mass is 258 g/mol. The number of hydrogen-bond donors (Lipinski definition) is 0. The van der Waals surface area contributed by atoms with E-state index in [1.807, 2.05) is 18.2 Å². The van der Waals surface area contributed by atoms with Crippen molar-refractivity contribution in [2.24, 2.45) is 0 Å². The van der Waals surface area contributed by atoms with Crippen molar-refractivity contribution in [2.45, 2.75) is 31.1 Å². The van der Waals surface area contributed by atoms with E-state index in [-0.39, 0.29) is 6.42 Å². The molecule has 1 aliphatic rings. The molecule has 1 aliphatic carbocycles. The highest BCUT2D eigenvalue weighted by atomic mass is 19.2. The lowest BCUT2D eigenvalue weighted by molar-refractivity contribution is 0.0819. The third-order valence-electron chi connectivity index (χ3n) is 3.94. The van der Waals surface area contributed by atoms with Crippen LogP contribution in [0.25, 0.3) is 0 Å². The molecule has 19 heavy (non-hydrogen) atoms. The molecule has 2 aromatic carbocycles. The molecule has 98 valence electrons. The third-order valence-corrected chi connectivity index (χ3v) is 3.94. The number of alkyl halides is 2. The molecule has 0 saturated carbocycles. The van der Waals surface area contributed by atoms with Crippen molar-refractivity contribution in [1.29, 1.82) is 0 Å². The summed E-state index contributed by atoms with van der Waals surface area (Å²) in [7, 11) is 0. The molecule has 0 saturated heterocycles. The predicted octanol–water partition coefficient (Wildman–Crippen LogP) is 4.57. The zero-order chi connectivity index (χ0) is 13.3. The predicted molar refractivity (Wildman–Crippen MR) is 72.6 cm³/mol. The Hall–Kier alpha value is -1.70. The second-order valence-electron chi connectivity index (χ2n) is 5.09. The summed E-state index contributed by atoms with van der Waals surface area (Å²) in [5.41, 5.74) is -0.189. The van der Waals surface area contributed by atoms with Crippen molar-refractivity contribution in [3.63, 3.8) is 0 Å². The number of benzene rings is 2. The van der Waals surface area contributed by atoms with Crippen LogP contribution in [-0.2, 0) is 12.1 Å². The van der Waals surface area contributed by atoms with Gasteiger partial charge in [0.15, 0.2) is 5.67 Å². The molecule has 0 bridgehead atoms. The van der Waals surface area contributed by atoms with E-state index < -0.39 is 11.8 Å². The maximum absolute atomic E-state index is 15.6. The van der Waals surface area contributed by atoms with Gasteiger partial charge in [-0.1, -0.05) is 54.6 Å². The largest absolute Gasteiger partial charge is 0.243 e. The van der Waals surface area contributed by atoms with E-state index in [1.54, 1.807) is 36.4 Å². The highest BCUT2D eigenvalue weighted by Gasteiger charge is 2.45. The summed E-state index contributed by atoms with van der Waals surface area (Å²) >= 11 is 0. The Bertz CT molecular complexity index is 564. The van der Waals surface area contributed by atoms with Gasteiger partial charge in [-0.25, -0.2) is 8.78 Å². The number of aryl methyl sites for hydroxylation is 1. The van der Waals surface area contributed by atoms with Crippen LogP contribution >= 0.6 is 0 Å². The van der Waals surface area contributed by atoms with E-state index in [4.69, 9.17) is 0 Å². The van der Waals surface area contributed by atoms with E-state index in [0.29, 0.717) is 17.5 Å². The zero-order valence-electron chi connectivity index (χ0n) is 10.7. The second kappa shape index (κ2) is 4.76. The minimum atomic E-state index is -2.02. The fourth-order valence-electron chi connectivity index (χ4n) is 2.95. The van der Waals surface area contributed by atoms with Crippen LogP contribution in [-0.4, -0.2) is 6.17 Å². The average Bonchev–Trinajstić information content (AvgIpc) is 2.59. The van der Waals surface area contributed by atoms with Crippen LogP contribution in [0.4, 0.5) is 8.78 Å². The molecule has 0 aliphatic heterocycles. The lowest BCUT2D eigenvalue weighted by atomic mass is 9.82. The molecule has 2 atom stereocenters. The fourth-order valence-corrected chi connectivity index (χ4v) is 2.95. The molecular formula is C17H16F2. The van der Waals surface area contributed by atoms with Crippen molar-refractivity contribution in [3.8, 4) is 0 Å². The van der Waals surface area contributed by atoms with Crippen LogP contribution < -0.4 is 0 Å². The first-order chi connectivity index (χ1) is 9.23. The van der Waals surface area contributed by atoms with Crippen molar-refractivity contribution in [3.05, 3.63) is 71.3 Å². The molecule has 2 heteroatoms. The average molecular weight is 258 g/mol. The van der Waals surface area contributed by atoms with Crippen LogP contribution in [0, 0.1) is 0 Å². The van der Waals surface area contributed by atoms with Crippen LogP contribution in [0.2, 0.25) is 0 Å². The van der Waals surface area contributed by atoms with Gasteiger partial charge in [0.2, 0.25) is 0 Å². The molecule has 0 aromatic heterocycles. The van der Waals surface area contributed by atoms with E-state index in [9.17, 15) is 4.39 Å². The summed E-state index contributed by atoms with van der Waals surface area (Å²) < 4.78 is 30.1.